The highest BCUT2D eigenvalue weighted by Crippen LogP contribution is 2.17. The maximum atomic E-state index is 4.16. The van der Waals surface area contributed by atoms with Crippen LogP contribution in [-0.4, -0.2) is 14.8 Å². The van der Waals surface area contributed by atoms with Gasteiger partial charge in [-0.05, 0) is 23.1 Å². The lowest BCUT2D eigenvalue weighted by molar-refractivity contribution is 0.627. The summed E-state index contributed by atoms with van der Waals surface area (Å²) in [7, 11) is 1.96. The molecule has 0 spiro atoms. The lowest BCUT2D eigenvalue weighted by Gasteiger charge is -2.08. The van der Waals surface area contributed by atoms with Crippen molar-refractivity contribution in [1.82, 2.24) is 20.1 Å². The van der Waals surface area contributed by atoms with Crippen molar-refractivity contribution in [2.45, 2.75) is 13.1 Å². The zero-order valence-corrected chi connectivity index (χ0v) is 10.9. The Hall–Kier alpha value is -2.20. The van der Waals surface area contributed by atoms with E-state index in [1.807, 2.05) is 36.4 Å². The predicted octanol–water partition coefficient (Wildman–Crippen LogP) is 2.26. The standard InChI is InChI=1S/C15H16N4/c1-19-14(5-8-18-19)11-17-10-13-4-2-3-12-9-16-7-6-15(12)13/h2-9,17H,10-11H2,1H3. The Morgan fingerprint density at radius 2 is 2.05 bits per heavy atom. The topological polar surface area (TPSA) is 42.7 Å². The molecule has 0 bridgehead atoms. The molecule has 2 aromatic heterocycles. The van der Waals surface area contributed by atoms with Gasteiger partial charge in [0.15, 0.2) is 0 Å². The van der Waals surface area contributed by atoms with E-state index in [0.717, 1.165) is 13.1 Å². The van der Waals surface area contributed by atoms with Crippen LogP contribution in [0.4, 0.5) is 0 Å². The summed E-state index contributed by atoms with van der Waals surface area (Å²) >= 11 is 0. The molecule has 3 aromatic rings. The van der Waals surface area contributed by atoms with Crippen LogP contribution in [0.15, 0.2) is 48.9 Å². The number of hydrogen-bond donors (Lipinski definition) is 1. The Morgan fingerprint density at radius 3 is 2.89 bits per heavy atom. The summed E-state index contributed by atoms with van der Waals surface area (Å²) in [6.07, 6.45) is 5.56. The molecule has 0 saturated heterocycles. The monoisotopic (exact) mass is 252 g/mol. The molecule has 3 rings (SSSR count). The molecular formula is C15H16N4. The second-order valence-corrected chi connectivity index (χ2v) is 4.56. The van der Waals surface area contributed by atoms with Crippen LogP contribution in [-0.2, 0) is 20.1 Å². The van der Waals surface area contributed by atoms with Crippen LogP contribution in [0.2, 0.25) is 0 Å². The van der Waals surface area contributed by atoms with Gasteiger partial charge in [0.1, 0.15) is 0 Å². The number of aryl methyl sites for hydroxylation is 1. The molecule has 2 heterocycles. The van der Waals surface area contributed by atoms with Crippen molar-refractivity contribution in [2.24, 2.45) is 7.05 Å². The number of benzene rings is 1. The van der Waals surface area contributed by atoms with Gasteiger partial charge in [0.2, 0.25) is 0 Å². The zero-order chi connectivity index (χ0) is 13.1. The third kappa shape index (κ3) is 2.48. The van der Waals surface area contributed by atoms with Gasteiger partial charge in [0, 0.05) is 44.1 Å². The highest BCUT2D eigenvalue weighted by atomic mass is 15.3. The molecule has 0 radical (unpaired) electrons. The minimum absolute atomic E-state index is 0.817. The van der Waals surface area contributed by atoms with Crippen molar-refractivity contribution in [3.63, 3.8) is 0 Å². The molecule has 0 aliphatic rings. The Labute approximate surface area is 112 Å². The van der Waals surface area contributed by atoms with Gasteiger partial charge < -0.3 is 5.32 Å². The van der Waals surface area contributed by atoms with Gasteiger partial charge >= 0.3 is 0 Å². The van der Waals surface area contributed by atoms with Crippen molar-refractivity contribution >= 4 is 10.8 Å². The summed E-state index contributed by atoms with van der Waals surface area (Å²) in [5.74, 6) is 0. The van der Waals surface area contributed by atoms with Crippen LogP contribution < -0.4 is 5.32 Å². The van der Waals surface area contributed by atoms with E-state index in [9.17, 15) is 0 Å². The molecule has 4 nitrogen and oxygen atoms in total. The molecule has 0 unspecified atom stereocenters. The van der Waals surface area contributed by atoms with Crippen molar-refractivity contribution in [3.05, 3.63) is 60.2 Å². The Morgan fingerprint density at radius 1 is 1.11 bits per heavy atom. The quantitative estimate of drug-likeness (QED) is 0.774. The maximum absolute atomic E-state index is 4.16. The summed E-state index contributed by atoms with van der Waals surface area (Å²) in [6.45, 7) is 1.66. The summed E-state index contributed by atoms with van der Waals surface area (Å²) in [4.78, 5) is 4.15. The minimum Gasteiger partial charge on any atom is -0.307 e. The van der Waals surface area contributed by atoms with Gasteiger partial charge in [-0.15, -0.1) is 0 Å². The van der Waals surface area contributed by atoms with Gasteiger partial charge in [0.05, 0.1) is 5.69 Å². The van der Waals surface area contributed by atoms with E-state index in [0.29, 0.717) is 0 Å². The van der Waals surface area contributed by atoms with Gasteiger partial charge in [0.25, 0.3) is 0 Å². The first-order valence-electron chi connectivity index (χ1n) is 6.34. The van der Waals surface area contributed by atoms with Crippen LogP contribution in [0.5, 0.6) is 0 Å². The highest BCUT2D eigenvalue weighted by molar-refractivity contribution is 5.84. The first-order chi connectivity index (χ1) is 9.34. The number of hydrogen-bond acceptors (Lipinski definition) is 3. The minimum atomic E-state index is 0.817. The first-order valence-corrected chi connectivity index (χ1v) is 6.34. The number of rotatable bonds is 4. The smallest absolute Gasteiger partial charge is 0.0518 e. The predicted molar refractivity (Wildman–Crippen MR) is 75.5 cm³/mol. The molecule has 0 atom stereocenters. The second kappa shape index (κ2) is 5.20. The maximum Gasteiger partial charge on any atom is 0.0518 e. The van der Waals surface area contributed by atoms with Gasteiger partial charge in [-0.25, -0.2) is 0 Å². The molecule has 0 amide bonds. The number of nitrogens with zero attached hydrogens (tertiary/aromatic N) is 3. The Kier molecular flexibility index (Phi) is 3.25. The van der Waals surface area contributed by atoms with Crippen LogP contribution in [0, 0.1) is 0 Å². The van der Waals surface area contributed by atoms with E-state index >= 15 is 0 Å². The Balaban J connectivity index is 1.74. The van der Waals surface area contributed by atoms with Crippen LogP contribution >= 0.6 is 0 Å². The lowest BCUT2D eigenvalue weighted by Crippen LogP contribution is -2.15. The van der Waals surface area contributed by atoms with E-state index in [1.165, 1.54) is 22.0 Å². The summed E-state index contributed by atoms with van der Waals surface area (Å²) in [5.41, 5.74) is 2.48. The van der Waals surface area contributed by atoms with E-state index in [-0.39, 0.29) is 0 Å². The third-order valence-corrected chi connectivity index (χ3v) is 3.32. The van der Waals surface area contributed by atoms with E-state index < -0.39 is 0 Å². The van der Waals surface area contributed by atoms with Crippen molar-refractivity contribution in [1.29, 1.82) is 0 Å². The molecule has 19 heavy (non-hydrogen) atoms. The Bertz CT molecular complexity index is 682. The molecule has 1 aromatic carbocycles. The second-order valence-electron chi connectivity index (χ2n) is 4.56. The number of pyridine rings is 1. The largest absolute Gasteiger partial charge is 0.307 e. The molecule has 0 saturated carbocycles. The average molecular weight is 252 g/mol. The first kappa shape index (κ1) is 11.9. The third-order valence-electron chi connectivity index (χ3n) is 3.32. The van der Waals surface area contributed by atoms with Crippen LogP contribution in [0.1, 0.15) is 11.3 Å². The fourth-order valence-electron chi connectivity index (χ4n) is 2.24. The van der Waals surface area contributed by atoms with Crippen LogP contribution in [0.3, 0.4) is 0 Å². The normalized spacial score (nSPS) is 11.0. The molecule has 0 fully saturated rings. The van der Waals surface area contributed by atoms with Gasteiger partial charge in [-0.1, -0.05) is 18.2 Å². The van der Waals surface area contributed by atoms with Gasteiger partial charge in [-0.2, -0.15) is 5.10 Å². The molecule has 96 valence electrons. The van der Waals surface area contributed by atoms with E-state index in [4.69, 9.17) is 0 Å². The summed E-state index contributed by atoms with van der Waals surface area (Å²) < 4.78 is 1.89. The SMILES string of the molecule is Cn1nccc1CNCc1cccc2cnccc12. The number of fused-ring (bicyclic) bond motifs is 1. The van der Waals surface area contributed by atoms with Crippen LogP contribution in [0.25, 0.3) is 10.8 Å². The summed E-state index contributed by atoms with van der Waals surface area (Å²) in [5, 5.41) is 10.1. The molecule has 0 aliphatic heterocycles. The average Bonchev–Trinajstić information content (AvgIpc) is 2.85. The van der Waals surface area contributed by atoms with Gasteiger partial charge in [-0.3, -0.25) is 9.67 Å². The molecule has 0 aliphatic carbocycles. The number of aromatic nitrogens is 3. The van der Waals surface area contributed by atoms with Crippen molar-refractivity contribution < 1.29 is 0 Å². The van der Waals surface area contributed by atoms with Crippen molar-refractivity contribution in [2.75, 3.05) is 0 Å². The van der Waals surface area contributed by atoms with E-state index in [2.05, 4.69) is 39.7 Å². The fourth-order valence-corrected chi connectivity index (χ4v) is 2.24. The molecule has 4 heteroatoms. The van der Waals surface area contributed by atoms with Crippen molar-refractivity contribution in [3.8, 4) is 0 Å². The lowest BCUT2D eigenvalue weighted by atomic mass is 10.1. The summed E-state index contributed by atoms with van der Waals surface area (Å²) in [6, 6.07) is 10.4. The van der Waals surface area contributed by atoms with E-state index in [1.54, 1.807) is 0 Å². The molecular weight excluding hydrogens is 236 g/mol. The fraction of sp³-hybridized carbons (Fsp3) is 0.200. The highest BCUT2D eigenvalue weighted by Gasteiger charge is 2.01. The molecule has 1 N–H and O–H groups in total. The zero-order valence-electron chi connectivity index (χ0n) is 10.9. The number of nitrogens with one attached hydrogen (secondary N) is 1.